The van der Waals surface area contributed by atoms with Crippen molar-refractivity contribution in [1.29, 1.82) is 0 Å². The van der Waals surface area contributed by atoms with Gasteiger partial charge < -0.3 is 10.2 Å². The summed E-state index contributed by atoms with van der Waals surface area (Å²) in [7, 11) is 0. The molecule has 3 heteroatoms. The molecule has 0 heterocycles. The standard InChI is InChI=1S/C10H10O3/c11-8-5-6-3-1-2-4-7(6)9(12)10(8)13/h1-4,8,10-11,13H,5H2. The van der Waals surface area contributed by atoms with E-state index in [4.69, 9.17) is 0 Å². The second-order valence-electron chi connectivity index (χ2n) is 3.24. The highest BCUT2D eigenvalue weighted by Gasteiger charge is 2.32. The number of hydrogen-bond donors (Lipinski definition) is 2. The number of aliphatic hydroxyl groups is 2. The number of benzene rings is 1. The fourth-order valence-electron chi connectivity index (χ4n) is 1.61. The first kappa shape index (κ1) is 8.41. The number of carbonyl (C=O) groups is 1. The van der Waals surface area contributed by atoms with Crippen molar-refractivity contribution in [2.24, 2.45) is 0 Å². The molecule has 3 nitrogen and oxygen atoms in total. The quantitative estimate of drug-likeness (QED) is 0.594. The van der Waals surface area contributed by atoms with Gasteiger partial charge in [0.25, 0.3) is 0 Å². The van der Waals surface area contributed by atoms with Gasteiger partial charge in [-0.3, -0.25) is 4.79 Å². The highest BCUT2D eigenvalue weighted by Crippen LogP contribution is 2.21. The number of hydrogen-bond acceptors (Lipinski definition) is 3. The van der Waals surface area contributed by atoms with Gasteiger partial charge in [0.15, 0.2) is 5.78 Å². The average Bonchev–Trinajstić information content (AvgIpc) is 2.15. The van der Waals surface area contributed by atoms with Crippen LogP contribution in [0.1, 0.15) is 15.9 Å². The first-order chi connectivity index (χ1) is 6.20. The summed E-state index contributed by atoms with van der Waals surface area (Å²) in [6.45, 7) is 0. The Morgan fingerprint density at radius 1 is 1.23 bits per heavy atom. The summed E-state index contributed by atoms with van der Waals surface area (Å²) in [6, 6.07) is 7.03. The zero-order valence-electron chi connectivity index (χ0n) is 6.97. The van der Waals surface area contributed by atoms with Crippen LogP contribution < -0.4 is 0 Å². The number of fused-ring (bicyclic) bond motifs is 1. The highest BCUT2D eigenvalue weighted by molar-refractivity contribution is 6.02. The summed E-state index contributed by atoms with van der Waals surface area (Å²) in [5.41, 5.74) is 1.34. The monoisotopic (exact) mass is 178 g/mol. The molecule has 0 spiro atoms. The molecule has 0 saturated heterocycles. The second-order valence-corrected chi connectivity index (χ2v) is 3.24. The van der Waals surface area contributed by atoms with Crippen LogP contribution in [0.15, 0.2) is 24.3 Å². The molecule has 1 aliphatic rings. The lowest BCUT2D eigenvalue weighted by atomic mass is 9.87. The molecule has 1 aromatic carbocycles. The zero-order valence-corrected chi connectivity index (χ0v) is 6.97. The summed E-state index contributed by atoms with van der Waals surface area (Å²) in [5.74, 6) is -0.380. The van der Waals surface area contributed by atoms with Crippen molar-refractivity contribution in [2.45, 2.75) is 18.6 Å². The molecule has 0 aliphatic heterocycles. The minimum absolute atomic E-state index is 0.350. The third-order valence-corrected chi connectivity index (χ3v) is 2.34. The maximum atomic E-state index is 11.4. The van der Waals surface area contributed by atoms with Crippen molar-refractivity contribution < 1.29 is 15.0 Å². The maximum absolute atomic E-state index is 11.4. The zero-order chi connectivity index (χ0) is 9.42. The van der Waals surface area contributed by atoms with E-state index in [2.05, 4.69) is 0 Å². The van der Waals surface area contributed by atoms with Gasteiger partial charge in [-0.15, -0.1) is 0 Å². The Bertz CT molecular complexity index is 346. The van der Waals surface area contributed by atoms with Crippen molar-refractivity contribution in [3.8, 4) is 0 Å². The fraction of sp³-hybridized carbons (Fsp3) is 0.300. The number of Topliss-reactive ketones (excluding diaryl/α,β-unsaturated/α-hetero) is 1. The molecule has 1 aliphatic carbocycles. The van der Waals surface area contributed by atoms with Crippen LogP contribution in [-0.4, -0.2) is 28.2 Å². The average molecular weight is 178 g/mol. The Labute approximate surface area is 75.6 Å². The summed E-state index contributed by atoms with van der Waals surface area (Å²) in [5, 5.41) is 18.6. The van der Waals surface area contributed by atoms with Gasteiger partial charge in [0, 0.05) is 12.0 Å². The van der Waals surface area contributed by atoms with Crippen LogP contribution in [-0.2, 0) is 6.42 Å². The molecule has 0 saturated carbocycles. The van der Waals surface area contributed by atoms with Crippen LogP contribution in [0.5, 0.6) is 0 Å². The molecule has 1 aromatic rings. The Morgan fingerprint density at radius 3 is 2.69 bits per heavy atom. The SMILES string of the molecule is O=C1c2ccccc2CC(O)C1O. The molecular formula is C10H10O3. The van der Waals surface area contributed by atoms with E-state index in [0.717, 1.165) is 5.56 Å². The number of rotatable bonds is 0. The predicted molar refractivity (Wildman–Crippen MR) is 46.5 cm³/mol. The van der Waals surface area contributed by atoms with E-state index in [9.17, 15) is 15.0 Å². The molecule has 0 bridgehead atoms. The molecule has 13 heavy (non-hydrogen) atoms. The Balaban J connectivity index is 2.49. The van der Waals surface area contributed by atoms with Crippen LogP contribution in [0.4, 0.5) is 0 Å². The lowest BCUT2D eigenvalue weighted by Crippen LogP contribution is -2.40. The maximum Gasteiger partial charge on any atom is 0.194 e. The summed E-state index contributed by atoms with van der Waals surface area (Å²) in [6.07, 6.45) is -1.86. The van der Waals surface area contributed by atoms with Gasteiger partial charge in [-0.05, 0) is 5.56 Å². The molecule has 2 atom stereocenters. The Hall–Kier alpha value is -1.19. The summed E-state index contributed by atoms with van der Waals surface area (Å²) < 4.78 is 0. The lowest BCUT2D eigenvalue weighted by Gasteiger charge is -2.24. The van der Waals surface area contributed by atoms with E-state index >= 15 is 0 Å². The topological polar surface area (TPSA) is 57.5 Å². The van der Waals surface area contributed by atoms with Gasteiger partial charge in [0.2, 0.25) is 0 Å². The van der Waals surface area contributed by atoms with Crippen molar-refractivity contribution in [3.05, 3.63) is 35.4 Å². The number of ketones is 1. The van der Waals surface area contributed by atoms with E-state index in [1.165, 1.54) is 0 Å². The Morgan fingerprint density at radius 2 is 1.92 bits per heavy atom. The normalized spacial score (nSPS) is 27.1. The minimum Gasteiger partial charge on any atom is -0.390 e. The van der Waals surface area contributed by atoms with E-state index in [1.807, 2.05) is 6.07 Å². The lowest BCUT2D eigenvalue weighted by molar-refractivity contribution is 0.0173. The fourth-order valence-corrected chi connectivity index (χ4v) is 1.61. The third kappa shape index (κ3) is 1.26. The molecule has 0 aromatic heterocycles. The van der Waals surface area contributed by atoms with Crippen molar-refractivity contribution in [2.75, 3.05) is 0 Å². The van der Waals surface area contributed by atoms with E-state index in [1.54, 1.807) is 18.2 Å². The predicted octanol–water partition coefficient (Wildman–Crippen LogP) is 0.147. The van der Waals surface area contributed by atoms with Gasteiger partial charge in [-0.25, -0.2) is 0 Å². The van der Waals surface area contributed by atoms with Crippen molar-refractivity contribution in [1.82, 2.24) is 0 Å². The van der Waals surface area contributed by atoms with Crippen LogP contribution in [0.3, 0.4) is 0 Å². The smallest absolute Gasteiger partial charge is 0.194 e. The second kappa shape index (κ2) is 2.94. The molecule has 2 unspecified atom stereocenters. The van der Waals surface area contributed by atoms with Gasteiger partial charge in [-0.2, -0.15) is 0 Å². The number of carbonyl (C=O) groups excluding carboxylic acids is 1. The van der Waals surface area contributed by atoms with Gasteiger partial charge in [-0.1, -0.05) is 24.3 Å². The number of aliphatic hydroxyl groups excluding tert-OH is 2. The van der Waals surface area contributed by atoms with Gasteiger partial charge in [0.05, 0.1) is 6.10 Å². The third-order valence-electron chi connectivity index (χ3n) is 2.34. The van der Waals surface area contributed by atoms with E-state index in [0.29, 0.717) is 12.0 Å². The van der Waals surface area contributed by atoms with Gasteiger partial charge >= 0.3 is 0 Å². The largest absolute Gasteiger partial charge is 0.390 e. The van der Waals surface area contributed by atoms with Gasteiger partial charge in [0.1, 0.15) is 6.10 Å². The molecular weight excluding hydrogens is 168 g/mol. The molecule has 2 rings (SSSR count). The van der Waals surface area contributed by atoms with Crippen LogP contribution in [0.2, 0.25) is 0 Å². The molecule has 0 fully saturated rings. The van der Waals surface area contributed by atoms with Crippen LogP contribution in [0, 0.1) is 0 Å². The van der Waals surface area contributed by atoms with Crippen LogP contribution >= 0.6 is 0 Å². The van der Waals surface area contributed by atoms with Crippen molar-refractivity contribution in [3.63, 3.8) is 0 Å². The summed E-state index contributed by atoms with van der Waals surface area (Å²) >= 11 is 0. The summed E-state index contributed by atoms with van der Waals surface area (Å²) in [4.78, 5) is 11.4. The minimum atomic E-state index is -1.25. The molecule has 0 radical (unpaired) electrons. The molecule has 2 N–H and O–H groups in total. The first-order valence-corrected chi connectivity index (χ1v) is 4.18. The van der Waals surface area contributed by atoms with E-state index < -0.39 is 12.2 Å². The molecule has 0 amide bonds. The van der Waals surface area contributed by atoms with Crippen molar-refractivity contribution >= 4 is 5.78 Å². The van der Waals surface area contributed by atoms with Crippen LogP contribution in [0.25, 0.3) is 0 Å². The Kier molecular flexibility index (Phi) is 1.90. The first-order valence-electron chi connectivity index (χ1n) is 4.18. The highest BCUT2D eigenvalue weighted by atomic mass is 16.3. The molecule has 68 valence electrons. The van der Waals surface area contributed by atoms with E-state index in [-0.39, 0.29) is 5.78 Å².